The van der Waals surface area contributed by atoms with Gasteiger partial charge in [0.05, 0.1) is 12.0 Å². The van der Waals surface area contributed by atoms with Crippen LogP contribution in [0.5, 0.6) is 0 Å². The van der Waals surface area contributed by atoms with Crippen LogP contribution in [0, 0.1) is 22.7 Å². The number of hydrogen-bond acceptors (Lipinski definition) is 8. The lowest BCUT2D eigenvalue weighted by molar-refractivity contribution is -0.197. The van der Waals surface area contributed by atoms with Gasteiger partial charge in [-0.1, -0.05) is 91.2 Å². The molecule has 3 N–H and O–H groups in total. The highest BCUT2D eigenvalue weighted by Crippen LogP contribution is 2.74. The molecule has 0 unspecified atom stereocenters. The number of Topliss-reactive ketones (excluding diaryl/α,β-unsaturated/α-hetero) is 1. The molecular weight excluding hydrogens is 548 g/mol. The number of aliphatic hydroxyl groups excluding tert-OH is 2. The van der Waals surface area contributed by atoms with Gasteiger partial charge in [-0.05, 0) is 43.8 Å². The van der Waals surface area contributed by atoms with Crippen molar-refractivity contribution >= 4 is 17.7 Å². The van der Waals surface area contributed by atoms with E-state index in [1.165, 1.54) is 38.5 Å². The molecule has 0 saturated heterocycles. The molecule has 8 heteroatoms. The van der Waals surface area contributed by atoms with Gasteiger partial charge in [0, 0.05) is 30.1 Å². The molecule has 7 atom stereocenters. The normalized spacial score (nSPS) is 35.6. The minimum absolute atomic E-state index is 0.113. The van der Waals surface area contributed by atoms with Crippen LogP contribution in [0.2, 0.25) is 0 Å². The summed E-state index contributed by atoms with van der Waals surface area (Å²) in [6, 6.07) is 0. The fraction of sp³-hybridized carbons (Fsp3) is 0.800. The maximum Gasteiger partial charge on any atom is 0.306 e. The molecule has 4 aliphatic rings. The summed E-state index contributed by atoms with van der Waals surface area (Å²) in [4.78, 5) is 40.4. The fourth-order valence-corrected chi connectivity index (χ4v) is 8.69. The smallest absolute Gasteiger partial charge is 0.306 e. The number of hydrogen-bond donors (Lipinski definition) is 3. The monoisotopic (exact) mass is 602 g/mol. The van der Waals surface area contributed by atoms with E-state index in [-0.39, 0.29) is 36.1 Å². The van der Waals surface area contributed by atoms with E-state index < -0.39 is 52.7 Å². The Kier molecular flexibility index (Phi) is 10.3. The van der Waals surface area contributed by atoms with Gasteiger partial charge in [0.25, 0.3) is 0 Å². The third-order valence-corrected chi connectivity index (χ3v) is 11.1. The van der Waals surface area contributed by atoms with Crippen molar-refractivity contribution in [3.05, 3.63) is 23.3 Å². The third kappa shape index (κ3) is 5.65. The van der Waals surface area contributed by atoms with Crippen LogP contribution in [-0.2, 0) is 23.9 Å². The Hall–Kier alpha value is -2.03. The summed E-state index contributed by atoms with van der Waals surface area (Å²) >= 11 is 0. The largest absolute Gasteiger partial charge is 0.458 e. The Labute approximate surface area is 257 Å². The maximum atomic E-state index is 14.6. The van der Waals surface area contributed by atoms with Crippen LogP contribution in [0.3, 0.4) is 0 Å². The van der Waals surface area contributed by atoms with E-state index in [0.29, 0.717) is 24.8 Å². The van der Waals surface area contributed by atoms with Gasteiger partial charge in [0.15, 0.2) is 17.5 Å². The average Bonchev–Trinajstić information content (AvgIpc) is 3.39. The molecule has 8 nitrogen and oxygen atoms in total. The number of unbranched alkanes of at least 4 members (excludes halogenated alkanes) is 8. The molecule has 0 heterocycles. The van der Waals surface area contributed by atoms with Crippen LogP contribution in [0.4, 0.5) is 0 Å². The minimum Gasteiger partial charge on any atom is -0.458 e. The van der Waals surface area contributed by atoms with Gasteiger partial charge in [0.2, 0.25) is 0 Å². The number of ether oxygens (including phenoxy) is 2. The second-order valence-corrected chi connectivity index (χ2v) is 14.1. The molecule has 4 aliphatic carbocycles. The number of aliphatic hydroxyl groups is 3. The summed E-state index contributed by atoms with van der Waals surface area (Å²) in [6.07, 6.45) is 12.2. The zero-order chi connectivity index (χ0) is 31.6. The Bertz CT molecular complexity index is 1120. The van der Waals surface area contributed by atoms with Crippen molar-refractivity contribution in [1.29, 1.82) is 0 Å². The highest BCUT2D eigenvalue weighted by molar-refractivity contribution is 5.95. The number of carbonyl (C=O) groups is 3. The van der Waals surface area contributed by atoms with Gasteiger partial charge in [-0.25, -0.2) is 0 Å². The molecule has 2 fully saturated rings. The van der Waals surface area contributed by atoms with Gasteiger partial charge < -0.3 is 24.8 Å². The second-order valence-electron chi connectivity index (χ2n) is 14.1. The van der Waals surface area contributed by atoms with Crippen molar-refractivity contribution in [3.63, 3.8) is 0 Å². The first kappa shape index (κ1) is 33.9. The molecule has 0 aliphatic heterocycles. The predicted molar refractivity (Wildman–Crippen MR) is 163 cm³/mol. The summed E-state index contributed by atoms with van der Waals surface area (Å²) in [5.74, 6) is -2.26. The van der Waals surface area contributed by atoms with Crippen LogP contribution in [0.1, 0.15) is 125 Å². The van der Waals surface area contributed by atoms with Crippen molar-refractivity contribution in [2.75, 3.05) is 6.61 Å². The quantitative estimate of drug-likeness (QED) is 0.127. The van der Waals surface area contributed by atoms with Gasteiger partial charge in [0.1, 0.15) is 11.7 Å². The van der Waals surface area contributed by atoms with Crippen molar-refractivity contribution < 1.29 is 39.2 Å². The summed E-state index contributed by atoms with van der Waals surface area (Å²) in [6.45, 7) is 9.17. The van der Waals surface area contributed by atoms with Crippen molar-refractivity contribution in [1.82, 2.24) is 0 Å². The highest BCUT2D eigenvalue weighted by atomic mass is 16.6. The second kappa shape index (κ2) is 13.1. The lowest BCUT2D eigenvalue weighted by Gasteiger charge is -2.46. The SMILES string of the molecule is CCCCCCCCCCCC(=O)O[C@@]12CC[C@]34C=C(C)[C@H](OC(=O)CCC)[C@@]3(O)[C@H](O)C(CO)=C[C@H](C4=O)[C@@H]1C2(C)C. The molecule has 0 aromatic heterocycles. The van der Waals surface area contributed by atoms with Gasteiger partial charge >= 0.3 is 11.9 Å². The number of allylic oxidation sites excluding steroid dienone is 1. The Morgan fingerprint density at radius 3 is 2.16 bits per heavy atom. The molecule has 242 valence electrons. The van der Waals surface area contributed by atoms with Crippen LogP contribution in [0.25, 0.3) is 0 Å². The first-order chi connectivity index (χ1) is 20.4. The number of rotatable bonds is 15. The van der Waals surface area contributed by atoms with Crippen LogP contribution in [0.15, 0.2) is 23.3 Å². The lowest BCUT2D eigenvalue weighted by Crippen LogP contribution is -2.64. The Morgan fingerprint density at radius 2 is 1.56 bits per heavy atom. The molecule has 2 saturated carbocycles. The number of fused-ring (bicyclic) bond motifs is 3. The minimum atomic E-state index is -2.19. The van der Waals surface area contributed by atoms with Gasteiger partial charge in [-0.2, -0.15) is 0 Å². The first-order valence-corrected chi connectivity index (χ1v) is 16.7. The van der Waals surface area contributed by atoms with Crippen LogP contribution in [-0.4, -0.2) is 63.1 Å². The summed E-state index contributed by atoms with van der Waals surface area (Å²) < 4.78 is 12.0. The van der Waals surface area contributed by atoms with Crippen LogP contribution >= 0.6 is 0 Å². The highest BCUT2D eigenvalue weighted by Gasteiger charge is 2.82. The molecule has 43 heavy (non-hydrogen) atoms. The molecular formula is C35H54O8. The molecule has 0 aromatic carbocycles. The molecule has 4 rings (SSSR count). The van der Waals surface area contributed by atoms with E-state index in [0.717, 1.165) is 19.3 Å². The van der Waals surface area contributed by atoms with E-state index in [1.807, 2.05) is 20.8 Å². The van der Waals surface area contributed by atoms with E-state index >= 15 is 0 Å². The zero-order valence-corrected chi connectivity index (χ0v) is 27.0. The van der Waals surface area contributed by atoms with E-state index in [1.54, 1.807) is 19.1 Å². The van der Waals surface area contributed by atoms with Crippen LogP contribution < -0.4 is 0 Å². The Balaban J connectivity index is 1.54. The summed E-state index contributed by atoms with van der Waals surface area (Å²) in [5, 5.41) is 34.3. The molecule has 0 radical (unpaired) electrons. The zero-order valence-electron chi connectivity index (χ0n) is 27.0. The van der Waals surface area contributed by atoms with Gasteiger partial charge in [-0.15, -0.1) is 0 Å². The van der Waals surface area contributed by atoms with E-state index in [4.69, 9.17) is 9.47 Å². The third-order valence-electron chi connectivity index (χ3n) is 11.1. The van der Waals surface area contributed by atoms with E-state index in [2.05, 4.69) is 6.92 Å². The predicted octanol–water partition coefficient (Wildman–Crippen LogP) is 5.51. The number of carbonyl (C=O) groups excluding carboxylic acids is 3. The summed E-state index contributed by atoms with van der Waals surface area (Å²) in [7, 11) is 0. The number of ketones is 1. The van der Waals surface area contributed by atoms with Gasteiger partial charge in [-0.3, -0.25) is 14.4 Å². The topological polar surface area (TPSA) is 130 Å². The molecule has 1 spiro atoms. The lowest BCUT2D eigenvalue weighted by atomic mass is 9.63. The fourth-order valence-electron chi connectivity index (χ4n) is 8.69. The average molecular weight is 603 g/mol. The number of esters is 2. The maximum absolute atomic E-state index is 14.6. The van der Waals surface area contributed by atoms with Crippen molar-refractivity contribution in [3.8, 4) is 0 Å². The van der Waals surface area contributed by atoms with Crippen molar-refractivity contribution in [2.45, 2.75) is 148 Å². The van der Waals surface area contributed by atoms with Crippen molar-refractivity contribution in [2.24, 2.45) is 22.7 Å². The molecule has 0 amide bonds. The first-order valence-electron chi connectivity index (χ1n) is 16.7. The Morgan fingerprint density at radius 1 is 0.930 bits per heavy atom. The van der Waals surface area contributed by atoms with E-state index in [9.17, 15) is 29.7 Å². The molecule has 0 aromatic rings. The molecule has 2 bridgehead atoms. The summed E-state index contributed by atoms with van der Waals surface area (Å²) in [5.41, 5.74) is -4.58. The standard InChI is InChI=1S/C35H54O8/c1-6-8-9-10-11-12-13-14-15-17-27(38)43-34-19-18-33-21-23(3)31(42-26(37)16-7-2)35(33,41)29(39)24(22-36)20-25(30(33)40)28(34)32(34,4)5/h20-21,25,28-29,31,36,39,41H,6-19,22H2,1-5H3/t25-,28+,29+,31-,33+,34-,35-/m0/s1.